The van der Waals surface area contributed by atoms with Crippen molar-refractivity contribution in [3.63, 3.8) is 0 Å². The fourth-order valence-corrected chi connectivity index (χ4v) is 1.17. The zero-order valence-corrected chi connectivity index (χ0v) is 10.5. The molecule has 0 bridgehead atoms. The maximum Gasteiger partial charge on any atom is 0.254 e. The zero-order chi connectivity index (χ0) is 12.3. The molecule has 1 amide bonds. The van der Waals surface area contributed by atoms with Crippen molar-refractivity contribution in [3.8, 4) is 0 Å². The predicted octanol–water partition coefficient (Wildman–Crippen LogP) is 2.13. The Bertz CT molecular complexity index is 363. The fourth-order valence-electron chi connectivity index (χ4n) is 1.17. The summed E-state index contributed by atoms with van der Waals surface area (Å²) in [5.41, 5.74) is 0.257. The molecule has 1 aromatic rings. The van der Waals surface area contributed by atoms with Crippen LogP contribution in [0.3, 0.4) is 0 Å². The van der Waals surface area contributed by atoms with E-state index in [4.69, 9.17) is 0 Å². The first kappa shape index (κ1) is 12.6. The van der Waals surface area contributed by atoms with Gasteiger partial charge in [-0.3, -0.25) is 4.79 Å². The van der Waals surface area contributed by atoms with Crippen LogP contribution in [-0.2, 0) is 0 Å². The number of rotatable bonds is 2. The second-order valence-corrected chi connectivity index (χ2v) is 5.19. The molecule has 0 saturated heterocycles. The molecule has 0 saturated carbocycles. The lowest BCUT2D eigenvalue weighted by molar-refractivity contribution is 0.0918. The van der Waals surface area contributed by atoms with Crippen LogP contribution in [0.5, 0.6) is 0 Å². The van der Waals surface area contributed by atoms with Crippen molar-refractivity contribution in [1.29, 1.82) is 0 Å². The Balaban J connectivity index is 2.78. The van der Waals surface area contributed by atoms with Crippen molar-refractivity contribution in [1.82, 2.24) is 15.3 Å². The molecule has 0 aliphatic carbocycles. The maximum absolute atomic E-state index is 11.8. The lowest BCUT2D eigenvalue weighted by Crippen LogP contribution is -2.40. The van der Waals surface area contributed by atoms with Gasteiger partial charge in [-0.05, 0) is 20.8 Å². The lowest BCUT2D eigenvalue weighted by atomic mass is 10.1. The van der Waals surface area contributed by atoms with Gasteiger partial charge in [0, 0.05) is 23.9 Å². The standard InChI is InChI=1S/C12H19N3O/c1-8(2)10-13-6-9(7-14-10)11(16)15-12(3,4)5/h6-8H,1-5H3,(H,15,16). The Hall–Kier alpha value is -1.45. The van der Waals surface area contributed by atoms with Gasteiger partial charge in [-0.1, -0.05) is 13.8 Å². The van der Waals surface area contributed by atoms with Crippen molar-refractivity contribution >= 4 is 5.91 Å². The van der Waals surface area contributed by atoms with Gasteiger partial charge < -0.3 is 5.32 Å². The molecule has 0 aliphatic heterocycles. The summed E-state index contributed by atoms with van der Waals surface area (Å²) < 4.78 is 0. The van der Waals surface area contributed by atoms with Crippen LogP contribution in [0.15, 0.2) is 12.4 Å². The molecule has 1 heterocycles. The van der Waals surface area contributed by atoms with Gasteiger partial charge in [-0.2, -0.15) is 0 Å². The van der Waals surface area contributed by atoms with E-state index < -0.39 is 0 Å². The highest BCUT2D eigenvalue weighted by molar-refractivity contribution is 5.93. The van der Waals surface area contributed by atoms with Crippen LogP contribution in [0.4, 0.5) is 0 Å². The smallest absolute Gasteiger partial charge is 0.254 e. The van der Waals surface area contributed by atoms with Gasteiger partial charge >= 0.3 is 0 Å². The molecule has 0 aromatic carbocycles. The highest BCUT2D eigenvalue weighted by Gasteiger charge is 2.16. The molecule has 4 heteroatoms. The lowest BCUT2D eigenvalue weighted by Gasteiger charge is -2.20. The number of nitrogens with one attached hydrogen (secondary N) is 1. The van der Waals surface area contributed by atoms with Crippen molar-refractivity contribution in [2.45, 2.75) is 46.1 Å². The molecule has 88 valence electrons. The van der Waals surface area contributed by atoms with E-state index in [-0.39, 0.29) is 17.4 Å². The quantitative estimate of drug-likeness (QED) is 0.832. The van der Waals surface area contributed by atoms with Crippen molar-refractivity contribution < 1.29 is 4.79 Å². The number of nitrogens with zero attached hydrogens (tertiary/aromatic N) is 2. The van der Waals surface area contributed by atoms with Crippen LogP contribution in [0.2, 0.25) is 0 Å². The van der Waals surface area contributed by atoms with Gasteiger partial charge in [0.1, 0.15) is 5.82 Å². The highest BCUT2D eigenvalue weighted by Crippen LogP contribution is 2.08. The summed E-state index contributed by atoms with van der Waals surface area (Å²) in [6, 6.07) is 0. The topological polar surface area (TPSA) is 54.9 Å². The summed E-state index contributed by atoms with van der Waals surface area (Å²) in [5.74, 6) is 0.898. The number of carbonyl (C=O) groups is 1. The summed E-state index contributed by atoms with van der Waals surface area (Å²) >= 11 is 0. The van der Waals surface area contributed by atoms with E-state index >= 15 is 0 Å². The predicted molar refractivity (Wildman–Crippen MR) is 63.3 cm³/mol. The molecular formula is C12H19N3O. The second-order valence-electron chi connectivity index (χ2n) is 5.19. The van der Waals surface area contributed by atoms with Gasteiger partial charge in [0.15, 0.2) is 0 Å². The normalized spacial score (nSPS) is 11.6. The molecule has 1 N–H and O–H groups in total. The first-order chi connectivity index (χ1) is 7.29. The van der Waals surface area contributed by atoms with E-state index in [0.717, 1.165) is 5.82 Å². The average molecular weight is 221 g/mol. The third-order valence-electron chi connectivity index (χ3n) is 1.94. The number of amides is 1. The van der Waals surface area contributed by atoms with E-state index in [1.54, 1.807) is 12.4 Å². The Morgan fingerprint density at radius 1 is 1.25 bits per heavy atom. The van der Waals surface area contributed by atoms with Gasteiger partial charge in [0.2, 0.25) is 0 Å². The molecular weight excluding hydrogens is 202 g/mol. The second kappa shape index (κ2) is 4.60. The number of hydrogen-bond donors (Lipinski definition) is 1. The maximum atomic E-state index is 11.8. The Kier molecular flexibility index (Phi) is 3.62. The van der Waals surface area contributed by atoms with Gasteiger partial charge in [-0.15, -0.1) is 0 Å². The van der Waals surface area contributed by atoms with E-state index in [2.05, 4.69) is 15.3 Å². The Morgan fingerprint density at radius 2 is 1.75 bits per heavy atom. The summed E-state index contributed by atoms with van der Waals surface area (Å²) in [6.45, 7) is 9.85. The molecule has 0 spiro atoms. The molecule has 0 fully saturated rings. The number of carbonyl (C=O) groups excluding carboxylic acids is 1. The van der Waals surface area contributed by atoms with Gasteiger partial charge in [0.25, 0.3) is 5.91 Å². The largest absolute Gasteiger partial charge is 0.347 e. The van der Waals surface area contributed by atoms with Crippen molar-refractivity contribution in [3.05, 3.63) is 23.8 Å². The van der Waals surface area contributed by atoms with E-state index in [1.165, 1.54) is 0 Å². The zero-order valence-electron chi connectivity index (χ0n) is 10.5. The molecule has 0 radical (unpaired) electrons. The molecule has 16 heavy (non-hydrogen) atoms. The molecule has 0 atom stereocenters. The Labute approximate surface area is 96.5 Å². The van der Waals surface area contributed by atoms with Crippen LogP contribution in [0.1, 0.15) is 56.7 Å². The van der Waals surface area contributed by atoms with Crippen LogP contribution < -0.4 is 5.32 Å². The van der Waals surface area contributed by atoms with Gasteiger partial charge in [-0.25, -0.2) is 9.97 Å². The van der Waals surface area contributed by atoms with E-state index in [0.29, 0.717) is 5.56 Å². The SMILES string of the molecule is CC(C)c1ncc(C(=O)NC(C)(C)C)cn1. The third-order valence-corrected chi connectivity index (χ3v) is 1.94. The third kappa shape index (κ3) is 3.61. The first-order valence-electron chi connectivity index (χ1n) is 5.44. The molecule has 1 rings (SSSR count). The van der Waals surface area contributed by atoms with E-state index in [1.807, 2.05) is 34.6 Å². The fraction of sp³-hybridized carbons (Fsp3) is 0.583. The molecule has 0 unspecified atom stereocenters. The number of hydrogen-bond acceptors (Lipinski definition) is 3. The molecule has 1 aromatic heterocycles. The molecule has 4 nitrogen and oxygen atoms in total. The highest BCUT2D eigenvalue weighted by atomic mass is 16.1. The summed E-state index contributed by atoms with van der Waals surface area (Å²) in [6.07, 6.45) is 3.15. The van der Waals surface area contributed by atoms with Crippen LogP contribution in [0, 0.1) is 0 Å². The Morgan fingerprint density at radius 3 is 2.12 bits per heavy atom. The van der Waals surface area contributed by atoms with Crippen molar-refractivity contribution in [2.24, 2.45) is 0 Å². The first-order valence-corrected chi connectivity index (χ1v) is 5.44. The van der Waals surface area contributed by atoms with Crippen LogP contribution >= 0.6 is 0 Å². The van der Waals surface area contributed by atoms with Gasteiger partial charge in [0.05, 0.1) is 5.56 Å². The minimum atomic E-state index is -0.242. The van der Waals surface area contributed by atoms with Crippen molar-refractivity contribution in [2.75, 3.05) is 0 Å². The van der Waals surface area contributed by atoms with Crippen LogP contribution in [-0.4, -0.2) is 21.4 Å². The molecule has 0 aliphatic rings. The minimum Gasteiger partial charge on any atom is -0.347 e. The summed E-state index contributed by atoms with van der Waals surface area (Å²) in [7, 11) is 0. The monoisotopic (exact) mass is 221 g/mol. The van der Waals surface area contributed by atoms with Crippen LogP contribution in [0.25, 0.3) is 0 Å². The van der Waals surface area contributed by atoms with E-state index in [9.17, 15) is 4.79 Å². The summed E-state index contributed by atoms with van der Waals surface area (Å²) in [4.78, 5) is 20.1. The number of aromatic nitrogens is 2. The summed E-state index contributed by atoms with van der Waals surface area (Å²) in [5, 5.41) is 2.87. The minimum absolute atomic E-state index is 0.136. The average Bonchev–Trinajstić information content (AvgIpc) is 2.15.